The molecule has 2 nitrogen and oxygen atoms in total. The average Bonchev–Trinajstić information content (AvgIpc) is 3.00. The van der Waals surface area contributed by atoms with Crippen molar-refractivity contribution >= 4 is 17.3 Å². The predicted molar refractivity (Wildman–Crippen MR) is 81.0 cm³/mol. The molecule has 21 heavy (non-hydrogen) atoms. The molecular formula is C17H15ClFNO. The molecule has 0 aromatic heterocycles. The van der Waals surface area contributed by atoms with Crippen molar-refractivity contribution in [2.75, 3.05) is 11.9 Å². The van der Waals surface area contributed by atoms with Gasteiger partial charge >= 0.3 is 0 Å². The van der Waals surface area contributed by atoms with Gasteiger partial charge in [-0.1, -0.05) is 41.9 Å². The summed E-state index contributed by atoms with van der Waals surface area (Å²) in [4.78, 5) is 0. The van der Waals surface area contributed by atoms with Gasteiger partial charge in [-0.25, -0.2) is 4.39 Å². The van der Waals surface area contributed by atoms with E-state index in [2.05, 4.69) is 17.4 Å². The van der Waals surface area contributed by atoms with Gasteiger partial charge in [0.25, 0.3) is 0 Å². The minimum atomic E-state index is -0.385. The van der Waals surface area contributed by atoms with Crippen LogP contribution in [0.15, 0.2) is 42.5 Å². The quantitative estimate of drug-likeness (QED) is 0.823. The Balaban J connectivity index is 1.83. The molecule has 0 spiro atoms. The molecule has 0 bridgehead atoms. The third-order valence-electron chi connectivity index (χ3n) is 4.45. The summed E-state index contributed by atoms with van der Waals surface area (Å²) in [6.07, 6.45) is 0.818. The highest BCUT2D eigenvalue weighted by Gasteiger charge is 2.42. The first-order valence-corrected chi connectivity index (χ1v) is 7.54. The molecule has 1 N–H and O–H groups in total. The average molecular weight is 304 g/mol. The Morgan fingerprint density at radius 3 is 2.76 bits per heavy atom. The summed E-state index contributed by atoms with van der Waals surface area (Å²) in [6, 6.07) is 13.6. The zero-order valence-corrected chi connectivity index (χ0v) is 12.1. The fourth-order valence-corrected chi connectivity index (χ4v) is 3.75. The smallest absolute Gasteiger partial charge is 0.142 e. The van der Waals surface area contributed by atoms with E-state index in [-0.39, 0.29) is 28.9 Å². The molecule has 0 radical (unpaired) electrons. The number of benzene rings is 2. The topological polar surface area (TPSA) is 21.3 Å². The fraction of sp³-hybridized carbons (Fsp3) is 0.294. The lowest BCUT2D eigenvalue weighted by Gasteiger charge is -2.37. The molecule has 3 atom stereocenters. The van der Waals surface area contributed by atoms with Crippen molar-refractivity contribution in [2.24, 2.45) is 5.92 Å². The highest BCUT2D eigenvalue weighted by atomic mass is 35.5. The minimum absolute atomic E-state index is 0.130. The zero-order valence-electron chi connectivity index (χ0n) is 11.4. The Labute approximate surface area is 127 Å². The first-order valence-electron chi connectivity index (χ1n) is 7.16. The van der Waals surface area contributed by atoms with Crippen molar-refractivity contribution < 1.29 is 9.13 Å². The molecule has 108 valence electrons. The standard InChI is InChI=1S/C17H15ClFNO/c18-15-12(19)6-7-13-14(15)17-11(8-9-21-17)16(20-13)10-4-2-1-3-5-10/h1-7,11,16-17,20H,8-9H2/t11-,16-,17-/m0/s1. The van der Waals surface area contributed by atoms with Gasteiger partial charge in [0.1, 0.15) is 5.82 Å². The van der Waals surface area contributed by atoms with Crippen LogP contribution in [0.25, 0.3) is 0 Å². The maximum atomic E-state index is 13.8. The lowest BCUT2D eigenvalue weighted by atomic mass is 9.81. The third-order valence-corrected chi connectivity index (χ3v) is 4.84. The molecule has 0 unspecified atom stereocenters. The summed E-state index contributed by atoms with van der Waals surface area (Å²) in [7, 11) is 0. The highest BCUT2D eigenvalue weighted by Crippen LogP contribution is 2.52. The second-order valence-corrected chi connectivity index (χ2v) is 5.98. The van der Waals surface area contributed by atoms with E-state index in [0.29, 0.717) is 6.61 Å². The van der Waals surface area contributed by atoms with Gasteiger partial charge < -0.3 is 10.1 Å². The van der Waals surface area contributed by atoms with E-state index in [9.17, 15) is 4.39 Å². The van der Waals surface area contributed by atoms with E-state index < -0.39 is 0 Å². The molecule has 1 fully saturated rings. The number of rotatable bonds is 1. The van der Waals surface area contributed by atoms with E-state index in [0.717, 1.165) is 17.7 Å². The second kappa shape index (κ2) is 5.00. The second-order valence-electron chi connectivity index (χ2n) is 5.60. The molecule has 4 rings (SSSR count). The molecule has 0 amide bonds. The van der Waals surface area contributed by atoms with Crippen LogP contribution in [0.3, 0.4) is 0 Å². The van der Waals surface area contributed by atoms with Crippen LogP contribution in [0.2, 0.25) is 5.02 Å². The summed E-state index contributed by atoms with van der Waals surface area (Å²) in [6.45, 7) is 0.687. The van der Waals surface area contributed by atoms with Crippen LogP contribution in [0.1, 0.15) is 29.7 Å². The number of nitrogens with one attached hydrogen (secondary N) is 1. The molecule has 2 aliphatic heterocycles. The summed E-state index contributed by atoms with van der Waals surface area (Å²) >= 11 is 6.18. The molecule has 0 aliphatic carbocycles. The number of halogens is 2. The van der Waals surface area contributed by atoms with Gasteiger partial charge in [0.15, 0.2) is 0 Å². The van der Waals surface area contributed by atoms with Crippen molar-refractivity contribution in [3.8, 4) is 0 Å². The van der Waals surface area contributed by atoms with Gasteiger partial charge in [0.05, 0.1) is 17.2 Å². The molecule has 2 aromatic rings. The van der Waals surface area contributed by atoms with Crippen LogP contribution in [0.5, 0.6) is 0 Å². The summed E-state index contributed by atoms with van der Waals surface area (Å²) < 4.78 is 19.6. The molecule has 2 heterocycles. The van der Waals surface area contributed by atoms with E-state index in [1.165, 1.54) is 11.6 Å². The molecule has 0 saturated carbocycles. The number of hydrogen-bond donors (Lipinski definition) is 1. The van der Waals surface area contributed by atoms with Crippen LogP contribution >= 0.6 is 11.6 Å². The Morgan fingerprint density at radius 1 is 1.14 bits per heavy atom. The Morgan fingerprint density at radius 2 is 1.95 bits per heavy atom. The van der Waals surface area contributed by atoms with Crippen molar-refractivity contribution in [1.29, 1.82) is 0 Å². The maximum absolute atomic E-state index is 13.8. The first kappa shape index (κ1) is 13.1. The van der Waals surface area contributed by atoms with Gasteiger partial charge in [0.2, 0.25) is 0 Å². The third kappa shape index (κ3) is 2.03. The van der Waals surface area contributed by atoms with Gasteiger partial charge in [-0.3, -0.25) is 0 Å². The lowest BCUT2D eigenvalue weighted by Crippen LogP contribution is -2.29. The van der Waals surface area contributed by atoms with Crippen molar-refractivity contribution in [1.82, 2.24) is 0 Å². The number of anilines is 1. The number of ether oxygens (including phenoxy) is 1. The van der Waals surface area contributed by atoms with E-state index >= 15 is 0 Å². The molecule has 2 aliphatic rings. The molecule has 1 saturated heterocycles. The zero-order chi connectivity index (χ0) is 14.4. The SMILES string of the molecule is Fc1ccc2c(c1Cl)[C@H]1OCC[C@H]1[C@H](c1ccccc1)N2. The monoisotopic (exact) mass is 303 g/mol. The van der Waals surface area contributed by atoms with Gasteiger partial charge in [-0.2, -0.15) is 0 Å². The fourth-order valence-electron chi connectivity index (χ4n) is 3.48. The lowest BCUT2D eigenvalue weighted by molar-refractivity contribution is 0.0827. The van der Waals surface area contributed by atoms with Gasteiger partial charge in [-0.05, 0) is 24.1 Å². The van der Waals surface area contributed by atoms with E-state index in [4.69, 9.17) is 16.3 Å². The summed E-state index contributed by atoms with van der Waals surface area (Å²) in [5.74, 6) is -0.108. The Kier molecular flexibility index (Phi) is 3.12. The largest absolute Gasteiger partial charge is 0.377 e. The van der Waals surface area contributed by atoms with Gasteiger partial charge in [0, 0.05) is 23.8 Å². The van der Waals surface area contributed by atoms with E-state index in [1.807, 2.05) is 18.2 Å². The van der Waals surface area contributed by atoms with Crippen LogP contribution in [-0.2, 0) is 4.74 Å². The van der Waals surface area contributed by atoms with E-state index in [1.54, 1.807) is 6.07 Å². The molecule has 2 aromatic carbocycles. The van der Waals surface area contributed by atoms with Crippen LogP contribution in [-0.4, -0.2) is 6.61 Å². The van der Waals surface area contributed by atoms with Crippen molar-refractivity contribution in [3.63, 3.8) is 0 Å². The summed E-state index contributed by atoms with van der Waals surface area (Å²) in [5, 5.41) is 3.71. The number of hydrogen-bond acceptors (Lipinski definition) is 2. The van der Waals surface area contributed by atoms with Crippen LogP contribution in [0, 0.1) is 11.7 Å². The van der Waals surface area contributed by atoms with Gasteiger partial charge in [-0.15, -0.1) is 0 Å². The normalized spacial score (nSPS) is 26.9. The predicted octanol–water partition coefficient (Wildman–Crippen LogP) is 4.72. The van der Waals surface area contributed by atoms with Crippen LogP contribution < -0.4 is 5.32 Å². The highest BCUT2D eigenvalue weighted by molar-refractivity contribution is 6.32. The Hall–Kier alpha value is -1.58. The Bertz CT molecular complexity index is 676. The molecule has 4 heteroatoms. The van der Waals surface area contributed by atoms with Crippen molar-refractivity contribution in [2.45, 2.75) is 18.6 Å². The number of fused-ring (bicyclic) bond motifs is 3. The summed E-state index contributed by atoms with van der Waals surface area (Å²) in [5.41, 5.74) is 2.87. The molecular weight excluding hydrogens is 289 g/mol. The van der Waals surface area contributed by atoms with Crippen molar-refractivity contribution in [3.05, 3.63) is 64.4 Å². The minimum Gasteiger partial charge on any atom is -0.377 e. The maximum Gasteiger partial charge on any atom is 0.142 e. The first-order chi connectivity index (χ1) is 10.3. The van der Waals surface area contributed by atoms with Crippen LogP contribution in [0.4, 0.5) is 10.1 Å².